The number of carbonyl (C=O) groups is 1. The van der Waals surface area contributed by atoms with Gasteiger partial charge in [-0.25, -0.2) is 0 Å². The second-order valence-electron chi connectivity index (χ2n) is 7.51. The highest BCUT2D eigenvalue weighted by atomic mass is 35.5. The lowest BCUT2D eigenvalue weighted by molar-refractivity contribution is -0.152. The zero-order valence-corrected chi connectivity index (χ0v) is 15.2. The smallest absolute Gasteiger partial charge is 0.225 e. The van der Waals surface area contributed by atoms with Crippen molar-refractivity contribution in [3.8, 4) is 5.75 Å². The fourth-order valence-electron chi connectivity index (χ4n) is 4.18. The van der Waals surface area contributed by atoms with Gasteiger partial charge in [-0.15, -0.1) is 0 Å². The highest BCUT2D eigenvalue weighted by Crippen LogP contribution is 2.47. The van der Waals surface area contributed by atoms with Gasteiger partial charge in [-0.3, -0.25) is 4.79 Å². The summed E-state index contributed by atoms with van der Waals surface area (Å²) in [7, 11) is 0. The van der Waals surface area contributed by atoms with Crippen molar-refractivity contribution in [3.63, 3.8) is 0 Å². The third-order valence-electron chi connectivity index (χ3n) is 5.74. The number of nitrogens with zero attached hydrogens (tertiary/aromatic N) is 1. The molecule has 1 saturated heterocycles. The Hall–Kier alpha value is -2.04. The average molecular weight is 372 g/mol. The van der Waals surface area contributed by atoms with E-state index in [9.17, 15) is 15.0 Å². The molecule has 1 saturated carbocycles. The zero-order valence-electron chi connectivity index (χ0n) is 14.4. The molecule has 2 aromatic carbocycles. The van der Waals surface area contributed by atoms with Crippen molar-refractivity contribution in [3.05, 3.63) is 64.7 Å². The fraction of sp³-hybridized carbons (Fsp3) is 0.381. The van der Waals surface area contributed by atoms with E-state index in [1.807, 2.05) is 29.2 Å². The molecule has 0 bridgehead atoms. The summed E-state index contributed by atoms with van der Waals surface area (Å²) in [5, 5.41) is 20.8. The van der Waals surface area contributed by atoms with Crippen LogP contribution < -0.4 is 0 Å². The Morgan fingerprint density at radius 1 is 1.15 bits per heavy atom. The maximum absolute atomic E-state index is 12.8. The van der Waals surface area contributed by atoms with Crippen LogP contribution in [0, 0.1) is 5.92 Å². The second kappa shape index (κ2) is 6.60. The number of hydrogen-bond acceptors (Lipinski definition) is 3. The molecule has 0 spiro atoms. The van der Waals surface area contributed by atoms with E-state index in [1.54, 1.807) is 24.3 Å². The first-order valence-corrected chi connectivity index (χ1v) is 9.38. The Morgan fingerprint density at radius 3 is 2.58 bits per heavy atom. The van der Waals surface area contributed by atoms with Gasteiger partial charge >= 0.3 is 0 Å². The summed E-state index contributed by atoms with van der Waals surface area (Å²) in [6, 6.07) is 14.5. The largest absolute Gasteiger partial charge is 0.508 e. The van der Waals surface area contributed by atoms with E-state index < -0.39 is 5.60 Å². The minimum Gasteiger partial charge on any atom is -0.508 e. The molecule has 1 unspecified atom stereocenters. The van der Waals surface area contributed by atoms with E-state index >= 15 is 0 Å². The first-order chi connectivity index (χ1) is 12.4. The van der Waals surface area contributed by atoms with Crippen LogP contribution in [-0.4, -0.2) is 34.1 Å². The summed E-state index contributed by atoms with van der Waals surface area (Å²) in [4.78, 5) is 14.7. The van der Waals surface area contributed by atoms with Crippen molar-refractivity contribution >= 4 is 17.5 Å². The number of rotatable bonds is 3. The minimum atomic E-state index is -0.943. The van der Waals surface area contributed by atoms with Gasteiger partial charge in [-0.1, -0.05) is 35.9 Å². The molecule has 1 heterocycles. The van der Waals surface area contributed by atoms with Crippen LogP contribution in [0.4, 0.5) is 0 Å². The first kappa shape index (κ1) is 17.4. The Labute approximate surface area is 158 Å². The lowest BCUT2D eigenvalue weighted by Gasteiger charge is -2.44. The monoisotopic (exact) mass is 371 g/mol. The van der Waals surface area contributed by atoms with Gasteiger partial charge in [0.05, 0.1) is 5.60 Å². The quantitative estimate of drug-likeness (QED) is 0.865. The molecule has 4 rings (SSSR count). The predicted molar refractivity (Wildman–Crippen MR) is 100 cm³/mol. The van der Waals surface area contributed by atoms with Crippen LogP contribution in [0.3, 0.4) is 0 Å². The second-order valence-corrected chi connectivity index (χ2v) is 7.94. The lowest BCUT2D eigenvalue weighted by Crippen LogP contribution is -2.49. The van der Waals surface area contributed by atoms with E-state index in [1.165, 1.54) is 0 Å². The SMILES string of the molecule is O=C(C1CC(O)(c2cccc(Cl)c2)C1)N1CCC(c2ccc(O)cc2)C1. The summed E-state index contributed by atoms with van der Waals surface area (Å²) in [5.41, 5.74) is 1.00. The zero-order chi connectivity index (χ0) is 18.3. The number of carbonyl (C=O) groups excluding carboxylic acids is 1. The average Bonchev–Trinajstić information content (AvgIpc) is 3.09. The molecule has 26 heavy (non-hydrogen) atoms. The summed E-state index contributed by atoms with van der Waals surface area (Å²) in [5.74, 6) is 0.580. The highest BCUT2D eigenvalue weighted by molar-refractivity contribution is 6.30. The Morgan fingerprint density at radius 2 is 1.88 bits per heavy atom. The maximum atomic E-state index is 12.8. The van der Waals surface area contributed by atoms with E-state index in [2.05, 4.69) is 0 Å². The molecule has 0 aromatic heterocycles. The van der Waals surface area contributed by atoms with E-state index in [0.29, 0.717) is 30.3 Å². The number of benzene rings is 2. The molecule has 1 aliphatic heterocycles. The number of phenolic OH excluding ortho intramolecular Hbond substituents is 1. The van der Waals surface area contributed by atoms with Gasteiger partial charge in [0.15, 0.2) is 0 Å². The maximum Gasteiger partial charge on any atom is 0.225 e. The van der Waals surface area contributed by atoms with Crippen LogP contribution in [0.1, 0.15) is 36.3 Å². The summed E-state index contributed by atoms with van der Waals surface area (Å²) in [6.45, 7) is 1.45. The van der Waals surface area contributed by atoms with Crippen molar-refractivity contribution in [1.82, 2.24) is 4.90 Å². The van der Waals surface area contributed by atoms with Gasteiger partial charge in [0.1, 0.15) is 5.75 Å². The number of hydrogen-bond donors (Lipinski definition) is 2. The van der Waals surface area contributed by atoms with Gasteiger partial charge < -0.3 is 15.1 Å². The molecule has 4 nitrogen and oxygen atoms in total. The number of aromatic hydroxyl groups is 1. The van der Waals surface area contributed by atoms with Gasteiger partial charge in [0, 0.05) is 29.9 Å². The third-order valence-corrected chi connectivity index (χ3v) is 5.98. The Balaban J connectivity index is 1.37. The molecule has 2 aromatic rings. The summed E-state index contributed by atoms with van der Waals surface area (Å²) < 4.78 is 0. The molecule has 2 aliphatic rings. The molecule has 2 fully saturated rings. The highest BCUT2D eigenvalue weighted by Gasteiger charge is 2.49. The molecule has 136 valence electrons. The topological polar surface area (TPSA) is 60.8 Å². The van der Waals surface area contributed by atoms with Crippen LogP contribution in [0.15, 0.2) is 48.5 Å². The van der Waals surface area contributed by atoms with E-state index in [0.717, 1.165) is 24.1 Å². The van der Waals surface area contributed by atoms with Gasteiger partial charge in [0.25, 0.3) is 0 Å². The molecule has 2 N–H and O–H groups in total. The molecular formula is C21H22ClNO3. The Kier molecular flexibility index (Phi) is 4.41. The number of amides is 1. The summed E-state index contributed by atoms with van der Waals surface area (Å²) in [6.07, 6.45) is 1.83. The van der Waals surface area contributed by atoms with Gasteiger partial charge in [-0.2, -0.15) is 0 Å². The van der Waals surface area contributed by atoms with E-state index in [4.69, 9.17) is 11.6 Å². The van der Waals surface area contributed by atoms with Crippen molar-refractivity contribution in [2.24, 2.45) is 5.92 Å². The predicted octanol–water partition coefficient (Wildman–Crippen LogP) is 3.66. The molecule has 1 amide bonds. The molecule has 5 heteroatoms. The normalized spacial score (nSPS) is 28.0. The number of likely N-dealkylation sites (tertiary alicyclic amines) is 1. The van der Waals surface area contributed by atoms with Crippen molar-refractivity contribution in [1.29, 1.82) is 0 Å². The van der Waals surface area contributed by atoms with E-state index in [-0.39, 0.29) is 17.6 Å². The molecule has 0 radical (unpaired) electrons. The Bertz CT molecular complexity index is 814. The van der Waals surface area contributed by atoms with Crippen LogP contribution >= 0.6 is 11.6 Å². The summed E-state index contributed by atoms with van der Waals surface area (Å²) >= 11 is 6.02. The van der Waals surface area contributed by atoms with Crippen molar-refractivity contribution < 1.29 is 15.0 Å². The minimum absolute atomic E-state index is 0.127. The molecular weight excluding hydrogens is 350 g/mol. The molecule has 1 aliphatic carbocycles. The fourth-order valence-corrected chi connectivity index (χ4v) is 4.37. The van der Waals surface area contributed by atoms with Crippen LogP contribution in [-0.2, 0) is 10.4 Å². The first-order valence-electron chi connectivity index (χ1n) is 9.01. The van der Waals surface area contributed by atoms with Crippen molar-refractivity contribution in [2.45, 2.75) is 30.8 Å². The number of aliphatic hydroxyl groups is 1. The molecule has 1 atom stereocenters. The lowest BCUT2D eigenvalue weighted by atomic mass is 9.67. The van der Waals surface area contributed by atoms with Crippen LogP contribution in [0.2, 0.25) is 5.02 Å². The van der Waals surface area contributed by atoms with Crippen LogP contribution in [0.25, 0.3) is 0 Å². The van der Waals surface area contributed by atoms with Crippen molar-refractivity contribution in [2.75, 3.05) is 13.1 Å². The number of phenols is 1. The number of halogens is 1. The van der Waals surface area contributed by atoms with Gasteiger partial charge in [-0.05, 0) is 54.7 Å². The van der Waals surface area contributed by atoms with Crippen LogP contribution in [0.5, 0.6) is 5.75 Å². The van der Waals surface area contributed by atoms with Gasteiger partial charge in [0.2, 0.25) is 5.91 Å². The standard InChI is InChI=1S/C21H22ClNO3/c22-18-3-1-2-17(10-18)21(26)11-16(12-21)20(25)23-9-8-15(13-23)14-4-6-19(24)7-5-14/h1-7,10,15-16,24,26H,8-9,11-13H2. The third kappa shape index (κ3) is 3.19.